The van der Waals surface area contributed by atoms with Crippen molar-refractivity contribution in [2.45, 2.75) is 26.3 Å². The number of nitrogens with one attached hydrogen (secondary N) is 1. The minimum absolute atomic E-state index is 0.158. The van der Waals surface area contributed by atoms with Gasteiger partial charge >= 0.3 is 0 Å². The fourth-order valence-corrected chi connectivity index (χ4v) is 1.68. The Labute approximate surface area is 96.7 Å². The van der Waals surface area contributed by atoms with Crippen molar-refractivity contribution in [1.29, 1.82) is 0 Å². The summed E-state index contributed by atoms with van der Waals surface area (Å²) >= 11 is 0. The highest BCUT2D eigenvalue weighted by atomic mass is 16.4. The second-order valence-electron chi connectivity index (χ2n) is 4.35. The van der Waals surface area contributed by atoms with E-state index in [1.54, 1.807) is 0 Å². The van der Waals surface area contributed by atoms with E-state index in [2.05, 4.69) is 38.2 Å². The smallest absolute Gasteiger partial charge is 0.103 e. The van der Waals surface area contributed by atoms with Gasteiger partial charge in [-0.15, -0.1) is 0 Å². The van der Waals surface area contributed by atoms with E-state index in [1.807, 2.05) is 0 Å². The molecule has 0 aliphatic carbocycles. The van der Waals surface area contributed by atoms with Gasteiger partial charge in [-0.1, -0.05) is 29.8 Å². The lowest BCUT2D eigenvalue weighted by Gasteiger charge is -2.14. The first-order valence-electron chi connectivity index (χ1n) is 5.64. The Bertz CT molecular complexity index is 332. The van der Waals surface area contributed by atoms with Crippen molar-refractivity contribution >= 4 is 5.97 Å². The number of carbonyl (C=O) groups is 1. The molecule has 0 saturated carbocycles. The molecule has 0 saturated heterocycles. The zero-order chi connectivity index (χ0) is 12.0. The predicted molar refractivity (Wildman–Crippen MR) is 60.9 cm³/mol. The molecule has 1 aromatic carbocycles. The Morgan fingerprint density at radius 1 is 1.31 bits per heavy atom. The first kappa shape index (κ1) is 12.7. The van der Waals surface area contributed by atoms with Crippen LogP contribution in [0.4, 0.5) is 0 Å². The van der Waals surface area contributed by atoms with Gasteiger partial charge < -0.3 is 14.8 Å². The van der Waals surface area contributed by atoms with Gasteiger partial charge in [0.15, 0.2) is 0 Å². The van der Waals surface area contributed by atoms with Gasteiger partial charge in [-0.3, -0.25) is 0 Å². The monoisotopic (exact) mass is 221 g/mol. The Morgan fingerprint density at radius 3 is 2.50 bits per heavy atom. The summed E-state index contributed by atoms with van der Waals surface area (Å²) in [6.45, 7) is 3.87. The van der Waals surface area contributed by atoms with E-state index in [1.165, 1.54) is 16.0 Å². The third-order valence-corrected chi connectivity index (χ3v) is 2.61. The van der Waals surface area contributed by atoms with E-state index in [0.717, 1.165) is 13.1 Å². The lowest BCUT2D eigenvalue weighted by Crippen LogP contribution is -3.07. The molecule has 0 aromatic heterocycles. The van der Waals surface area contributed by atoms with E-state index in [4.69, 9.17) is 0 Å². The molecular weight excluding hydrogens is 202 g/mol. The van der Waals surface area contributed by atoms with Crippen molar-refractivity contribution in [1.82, 2.24) is 0 Å². The molecule has 1 unspecified atom stereocenters. The maximum atomic E-state index is 10.3. The molecule has 0 radical (unpaired) electrons. The molecule has 3 nitrogen and oxygen atoms in total. The summed E-state index contributed by atoms with van der Waals surface area (Å²) in [6, 6.07) is 8.45. The number of carbonyl (C=O) groups excluding carboxylic acids is 1. The lowest BCUT2D eigenvalue weighted by atomic mass is 10.1. The molecule has 1 rings (SSSR count). The molecule has 1 N–H and O–H groups in total. The molecule has 3 heteroatoms. The minimum atomic E-state index is -0.955. The van der Waals surface area contributed by atoms with Gasteiger partial charge in [0.2, 0.25) is 0 Å². The number of benzene rings is 1. The van der Waals surface area contributed by atoms with Crippen LogP contribution in [0, 0.1) is 6.92 Å². The van der Waals surface area contributed by atoms with Gasteiger partial charge in [0.05, 0.1) is 13.6 Å². The summed E-state index contributed by atoms with van der Waals surface area (Å²) in [4.78, 5) is 11.6. The molecule has 0 amide bonds. The average Bonchev–Trinajstić information content (AvgIpc) is 2.21. The molecule has 0 heterocycles. The van der Waals surface area contributed by atoms with E-state index in [-0.39, 0.29) is 6.42 Å². The Morgan fingerprint density at radius 2 is 1.94 bits per heavy atom. The molecule has 0 bridgehead atoms. The van der Waals surface area contributed by atoms with Crippen molar-refractivity contribution in [3.63, 3.8) is 0 Å². The number of aryl methyl sites for hydroxylation is 1. The fourth-order valence-electron chi connectivity index (χ4n) is 1.68. The van der Waals surface area contributed by atoms with Crippen molar-refractivity contribution in [2.24, 2.45) is 0 Å². The van der Waals surface area contributed by atoms with Crippen molar-refractivity contribution < 1.29 is 14.8 Å². The van der Waals surface area contributed by atoms with Gasteiger partial charge in [-0.05, 0) is 13.3 Å². The highest BCUT2D eigenvalue weighted by Crippen LogP contribution is 2.01. The Hall–Kier alpha value is -1.35. The molecule has 0 fully saturated rings. The minimum Gasteiger partial charge on any atom is -0.550 e. The predicted octanol–water partition coefficient (Wildman–Crippen LogP) is -0.460. The van der Waals surface area contributed by atoms with Gasteiger partial charge in [-0.25, -0.2) is 0 Å². The number of hydrogen-bond acceptors (Lipinski definition) is 2. The topological polar surface area (TPSA) is 44.6 Å². The third-order valence-electron chi connectivity index (χ3n) is 2.61. The Balaban J connectivity index is 2.31. The first-order chi connectivity index (χ1) is 7.58. The number of rotatable bonds is 6. The summed E-state index contributed by atoms with van der Waals surface area (Å²) in [5.41, 5.74) is 2.55. The van der Waals surface area contributed by atoms with Crippen LogP contribution in [0.1, 0.15) is 24.0 Å². The van der Waals surface area contributed by atoms with Crippen LogP contribution in [0.15, 0.2) is 24.3 Å². The van der Waals surface area contributed by atoms with Crippen LogP contribution in [0.5, 0.6) is 0 Å². The molecule has 0 spiro atoms. The average molecular weight is 221 g/mol. The van der Waals surface area contributed by atoms with E-state index >= 15 is 0 Å². The maximum Gasteiger partial charge on any atom is 0.103 e. The van der Waals surface area contributed by atoms with Crippen molar-refractivity contribution in [3.05, 3.63) is 35.4 Å². The summed E-state index contributed by atoms with van der Waals surface area (Å²) < 4.78 is 0. The molecule has 0 aliphatic heterocycles. The van der Waals surface area contributed by atoms with Crippen LogP contribution in [0.25, 0.3) is 0 Å². The van der Waals surface area contributed by atoms with Crippen LogP contribution >= 0.6 is 0 Å². The van der Waals surface area contributed by atoms with Gasteiger partial charge in [-0.2, -0.15) is 0 Å². The number of carboxylic acids is 1. The summed E-state index contributed by atoms with van der Waals surface area (Å²) in [5, 5.41) is 10.3. The van der Waals surface area contributed by atoms with Crippen molar-refractivity contribution in [2.75, 3.05) is 13.6 Å². The van der Waals surface area contributed by atoms with E-state index in [9.17, 15) is 9.90 Å². The highest BCUT2D eigenvalue weighted by molar-refractivity contribution is 5.64. The molecule has 1 aromatic rings. The second kappa shape index (κ2) is 6.28. The molecule has 1 atom stereocenters. The molecule has 16 heavy (non-hydrogen) atoms. The largest absolute Gasteiger partial charge is 0.550 e. The molecule has 0 aliphatic rings. The Kier molecular flexibility index (Phi) is 4.99. The van der Waals surface area contributed by atoms with Gasteiger partial charge in [0.25, 0.3) is 0 Å². The maximum absolute atomic E-state index is 10.3. The second-order valence-corrected chi connectivity index (χ2v) is 4.35. The van der Waals surface area contributed by atoms with E-state index in [0.29, 0.717) is 6.42 Å². The van der Waals surface area contributed by atoms with Crippen LogP contribution in [0.3, 0.4) is 0 Å². The molecule has 88 valence electrons. The summed E-state index contributed by atoms with van der Waals surface area (Å²) in [5.74, 6) is -0.955. The zero-order valence-electron chi connectivity index (χ0n) is 9.95. The zero-order valence-corrected chi connectivity index (χ0v) is 9.95. The number of hydrogen-bond donors (Lipinski definition) is 1. The van der Waals surface area contributed by atoms with E-state index < -0.39 is 5.97 Å². The van der Waals surface area contributed by atoms with Crippen molar-refractivity contribution in [3.8, 4) is 0 Å². The first-order valence-corrected chi connectivity index (χ1v) is 5.64. The number of carboxylic acid groups (broad SMARTS) is 1. The standard InChI is InChI=1S/C13H19NO2/c1-11-5-7-12(8-6-11)10-14(2)9-3-4-13(15)16/h5-8H,3-4,9-10H2,1-2H3,(H,15,16). The summed E-state index contributed by atoms with van der Waals surface area (Å²) in [6.07, 6.45) is 0.839. The normalized spacial score (nSPS) is 12.4. The SMILES string of the molecule is Cc1ccc(C[NH+](C)CCCC(=O)[O-])cc1. The number of aliphatic carboxylic acids is 1. The van der Waals surface area contributed by atoms with Gasteiger partial charge in [0.1, 0.15) is 6.54 Å². The van der Waals surface area contributed by atoms with Crippen LogP contribution in [0.2, 0.25) is 0 Å². The summed E-state index contributed by atoms with van der Waals surface area (Å²) in [7, 11) is 2.08. The quantitative estimate of drug-likeness (QED) is 0.706. The lowest BCUT2D eigenvalue weighted by molar-refractivity contribution is -0.893. The highest BCUT2D eigenvalue weighted by Gasteiger charge is 2.03. The van der Waals surface area contributed by atoms with Crippen LogP contribution in [-0.4, -0.2) is 19.6 Å². The number of quaternary nitrogens is 1. The van der Waals surface area contributed by atoms with Crippen LogP contribution < -0.4 is 10.0 Å². The van der Waals surface area contributed by atoms with Crippen LogP contribution in [-0.2, 0) is 11.3 Å². The molecular formula is C13H19NO2. The fraction of sp³-hybridized carbons (Fsp3) is 0.462. The van der Waals surface area contributed by atoms with Gasteiger partial charge in [0, 0.05) is 18.0 Å². The third kappa shape index (κ3) is 4.94.